The lowest BCUT2D eigenvalue weighted by Gasteiger charge is -2.24. The molecule has 1 aliphatic carbocycles. The van der Waals surface area contributed by atoms with E-state index in [1.807, 2.05) is 6.07 Å². The van der Waals surface area contributed by atoms with Gasteiger partial charge in [0.25, 0.3) is 0 Å². The number of ether oxygens (including phenoxy) is 3. The Hall–Kier alpha value is -3.28. The van der Waals surface area contributed by atoms with Gasteiger partial charge in [-0.3, -0.25) is 4.79 Å². The minimum atomic E-state index is -0.234. The van der Waals surface area contributed by atoms with Gasteiger partial charge in [0.15, 0.2) is 0 Å². The molecule has 0 radical (unpaired) electrons. The van der Waals surface area contributed by atoms with Crippen molar-refractivity contribution in [3.05, 3.63) is 108 Å². The minimum absolute atomic E-state index is 0.164. The summed E-state index contributed by atoms with van der Waals surface area (Å²) in [6.45, 7) is 1.72. The molecule has 4 nitrogen and oxygen atoms in total. The minimum Gasteiger partial charge on any atom is -0.469 e. The number of hydrogen-bond donors (Lipinski definition) is 0. The van der Waals surface area contributed by atoms with Crippen LogP contribution in [0.4, 0.5) is 4.39 Å². The lowest BCUT2D eigenvalue weighted by atomic mass is 9.91. The van der Waals surface area contributed by atoms with E-state index in [0.717, 1.165) is 37.7 Å². The average molecular weight is 531 g/mol. The highest BCUT2D eigenvalue weighted by molar-refractivity contribution is 5.69. The number of methoxy groups -OCH3 is 1. The Labute approximate surface area is 231 Å². The Morgan fingerprint density at radius 3 is 2.31 bits per heavy atom. The molecule has 0 amide bonds. The van der Waals surface area contributed by atoms with Crippen LogP contribution < -0.4 is 0 Å². The zero-order valence-corrected chi connectivity index (χ0v) is 22.8. The molecule has 0 N–H and O–H groups in total. The van der Waals surface area contributed by atoms with Crippen molar-refractivity contribution in [1.82, 2.24) is 0 Å². The van der Waals surface area contributed by atoms with Crippen LogP contribution in [-0.4, -0.2) is 25.8 Å². The first kappa shape index (κ1) is 28.7. The summed E-state index contributed by atoms with van der Waals surface area (Å²) in [6.07, 6.45) is 9.62. The SMILES string of the molecule is COC(=O)CCC/C=C\C[C@@H]1[C@@H](COCc2ccc(F)cc2)CC[C@@H]1OCc1ccc(-c2ccccc2)cc1. The highest BCUT2D eigenvalue weighted by Gasteiger charge is 2.36. The van der Waals surface area contributed by atoms with Gasteiger partial charge in [0, 0.05) is 6.42 Å². The third-order valence-corrected chi connectivity index (χ3v) is 7.50. The molecule has 3 aromatic rings. The van der Waals surface area contributed by atoms with Gasteiger partial charge in [0.2, 0.25) is 0 Å². The molecule has 0 bridgehead atoms. The van der Waals surface area contributed by atoms with Gasteiger partial charge >= 0.3 is 5.97 Å². The van der Waals surface area contributed by atoms with Crippen molar-refractivity contribution < 1.29 is 23.4 Å². The Morgan fingerprint density at radius 1 is 0.872 bits per heavy atom. The molecule has 0 aliphatic heterocycles. The molecule has 3 atom stereocenters. The maximum atomic E-state index is 13.2. The van der Waals surface area contributed by atoms with Gasteiger partial charge < -0.3 is 14.2 Å². The standard InChI is InChI=1S/C34H39FO4/c1-37-34(36)12-8-3-2-7-11-32-30(25-38-23-26-15-20-31(35)21-16-26)19-22-33(32)39-24-27-13-17-29(18-14-27)28-9-5-4-6-10-28/h2,4-7,9-10,13-18,20-21,30,32-33H,3,8,11-12,19,22-25H2,1H3/b7-2-/t30-,32-,33+/m1/s1. The van der Waals surface area contributed by atoms with Crippen LogP contribution in [0.2, 0.25) is 0 Å². The molecule has 5 heteroatoms. The van der Waals surface area contributed by atoms with Crippen LogP contribution in [0.5, 0.6) is 0 Å². The average Bonchev–Trinajstić information content (AvgIpc) is 3.36. The second-order valence-corrected chi connectivity index (χ2v) is 10.2. The van der Waals surface area contributed by atoms with Crippen molar-refractivity contribution in [2.45, 2.75) is 57.8 Å². The fourth-order valence-corrected chi connectivity index (χ4v) is 5.24. The van der Waals surface area contributed by atoms with Crippen LogP contribution in [0.25, 0.3) is 11.1 Å². The van der Waals surface area contributed by atoms with E-state index in [4.69, 9.17) is 14.2 Å². The van der Waals surface area contributed by atoms with E-state index in [-0.39, 0.29) is 17.9 Å². The molecule has 0 aromatic heterocycles. The third kappa shape index (κ3) is 9.15. The van der Waals surface area contributed by atoms with E-state index in [9.17, 15) is 9.18 Å². The zero-order valence-electron chi connectivity index (χ0n) is 22.8. The summed E-state index contributed by atoms with van der Waals surface area (Å²) in [6, 6.07) is 25.5. The van der Waals surface area contributed by atoms with Crippen LogP contribution in [0.1, 0.15) is 49.7 Å². The van der Waals surface area contributed by atoms with Crippen molar-refractivity contribution in [3.8, 4) is 11.1 Å². The smallest absolute Gasteiger partial charge is 0.305 e. The van der Waals surface area contributed by atoms with Gasteiger partial charge in [-0.2, -0.15) is 0 Å². The summed E-state index contributed by atoms with van der Waals surface area (Å²) >= 11 is 0. The van der Waals surface area contributed by atoms with Crippen molar-refractivity contribution in [2.75, 3.05) is 13.7 Å². The zero-order chi connectivity index (χ0) is 27.3. The third-order valence-electron chi connectivity index (χ3n) is 7.50. The second kappa shape index (κ2) is 15.3. The molecule has 1 saturated carbocycles. The maximum absolute atomic E-state index is 13.2. The molecular weight excluding hydrogens is 491 g/mol. The van der Waals surface area contributed by atoms with E-state index in [1.54, 1.807) is 12.1 Å². The largest absolute Gasteiger partial charge is 0.469 e. The number of carbonyl (C=O) groups is 1. The van der Waals surface area contributed by atoms with E-state index >= 15 is 0 Å². The molecule has 1 fully saturated rings. The number of allylic oxidation sites excluding steroid dienone is 2. The van der Waals surface area contributed by atoms with E-state index in [1.165, 1.54) is 35.9 Å². The molecule has 3 aromatic carbocycles. The number of halogens is 1. The Bertz CT molecular complexity index is 1160. The monoisotopic (exact) mass is 530 g/mol. The molecule has 0 unspecified atom stereocenters. The van der Waals surface area contributed by atoms with Crippen LogP contribution in [0, 0.1) is 17.7 Å². The summed E-state index contributed by atoms with van der Waals surface area (Å²) < 4.78 is 30.5. The van der Waals surface area contributed by atoms with Gasteiger partial charge in [-0.25, -0.2) is 4.39 Å². The van der Waals surface area contributed by atoms with Crippen molar-refractivity contribution in [2.24, 2.45) is 11.8 Å². The van der Waals surface area contributed by atoms with Gasteiger partial charge in [-0.05, 0) is 78.3 Å². The summed E-state index contributed by atoms with van der Waals surface area (Å²) in [4.78, 5) is 11.3. The Kier molecular flexibility index (Phi) is 11.3. The molecular formula is C34H39FO4. The first-order valence-electron chi connectivity index (χ1n) is 13.9. The van der Waals surface area contributed by atoms with E-state index in [0.29, 0.717) is 38.1 Å². The van der Waals surface area contributed by atoms with Crippen molar-refractivity contribution in [1.29, 1.82) is 0 Å². The number of benzene rings is 3. The van der Waals surface area contributed by atoms with Crippen LogP contribution in [-0.2, 0) is 32.2 Å². The van der Waals surface area contributed by atoms with Gasteiger partial charge in [-0.15, -0.1) is 0 Å². The van der Waals surface area contributed by atoms with Crippen LogP contribution >= 0.6 is 0 Å². The highest BCUT2D eigenvalue weighted by Crippen LogP contribution is 2.38. The lowest BCUT2D eigenvalue weighted by Crippen LogP contribution is -2.24. The van der Waals surface area contributed by atoms with Crippen LogP contribution in [0.15, 0.2) is 91.0 Å². The topological polar surface area (TPSA) is 44.8 Å². The molecule has 39 heavy (non-hydrogen) atoms. The van der Waals surface area contributed by atoms with Crippen LogP contribution in [0.3, 0.4) is 0 Å². The summed E-state index contributed by atoms with van der Waals surface area (Å²) in [7, 11) is 1.42. The normalized spacial score (nSPS) is 19.0. The molecule has 0 heterocycles. The summed E-state index contributed by atoms with van der Waals surface area (Å²) in [5.74, 6) is 0.361. The number of carbonyl (C=O) groups excluding carboxylic acids is 1. The molecule has 1 aliphatic rings. The van der Waals surface area contributed by atoms with Gasteiger partial charge in [-0.1, -0.05) is 78.9 Å². The predicted octanol–water partition coefficient (Wildman–Crippen LogP) is 7.91. The van der Waals surface area contributed by atoms with Gasteiger partial charge in [0.1, 0.15) is 5.82 Å². The quantitative estimate of drug-likeness (QED) is 0.121. The number of unbranched alkanes of at least 4 members (excludes halogenated alkanes) is 1. The number of rotatable bonds is 14. The second-order valence-electron chi connectivity index (χ2n) is 10.2. The van der Waals surface area contributed by atoms with E-state index < -0.39 is 0 Å². The van der Waals surface area contributed by atoms with E-state index in [2.05, 4.69) is 60.7 Å². The first-order chi connectivity index (χ1) is 19.1. The molecule has 206 valence electrons. The molecule has 0 spiro atoms. The predicted molar refractivity (Wildman–Crippen MR) is 152 cm³/mol. The number of hydrogen-bond acceptors (Lipinski definition) is 4. The molecule has 0 saturated heterocycles. The summed E-state index contributed by atoms with van der Waals surface area (Å²) in [5.41, 5.74) is 4.56. The van der Waals surface area contributed by atoms with Crippen molar-refractivity contribution in [3.63, 3.8) is 0 Å². The fraction of sp³-hybridized carbons (Fsp3) is 0.382. The Balaban J connectivity index is 1.31. The first-order valence-corrected chi connectivity index (χ1v) is 13.9. The molecule has 4 rings (SSSR count). The summed E-state index contributed by atoms with van der Waals surface area (Å²) in [5, 5.41) is 0. The van der Waals surface area contributed by atoms with Crippen molar-refractivity contribution >= 4 is 5.97 Å². The van der Waals surface area contributed by atoms with Gasteiger partial charge in [0.05, 0.1) is 33.0 Å². The Morgan fingerprint density at radius 2 is 1.56 bits per heavy atom. The lowest BCUT2D eigenvalue weighted by molar-refractivity contribution is -0.140. The highest BCUT2D eigenvalue weighted by atomic mass is 19.1. The fourth-order valence-electron chi connectivity index (χ4n) is 5.24. The maximum Gasteiger partial charge on any atom is 0.305 e. The number of esters is 1.